The number of nitrogens with one attached hydrogen (secondary N) is 1. The number of aromatic nitrogens is 1. The predicted molar refractivity (Wildman–Crippen MR) is 60.7 cm³/mol. The maximum Gasteiger partial charge on any atom is 0.273 e. The van der Waals surface area contributed by atoms with Gasteiger partial charge < -0.3 is 19.4 Å². The van der Waals surface area contributed by atoms with Crippen LogP contribution in [0.3, 0.4) is 0 Å². The Morgan fingerprint density at radius 2 is 2.33 bits per heavy atom. The SMILES string of the molecule is O=C(NC1(CO)CC1)c1cc(-c2ccco2)on1. The Bertz CT molecular complexity index is 554. The standard InChI is InChI=1S/C12H12N2O4/c15-7-12(3-4-12)13-11(16)8-6-10(18-14-8)9-2-1-5-17-9/h1-2,5-6,15H,3-4,7H2,(H,13,16). The highest BCUT2D eigenvalue weighted by Gasteiger charge is 2.43. The third-order valence-electron chi connectivity index (χ3n) is 3.04. The molecule has 6 heteroatoms. The zero-order chi connectivity index (χ0) is 12.6. The molecule has 2 aromatic rings. The highest BCUT2D eigenvalue weighted by atomic mass is 16.5. The number of furan rings is 1. The van der Waals surface area contributed by atoms with Crippen molar-refractivity contribution in [2.45, 2.75) is 18.4 Å². The van der Waals surface area contributed by atoms with Crippen molar-refractivity contribution >= 4 is 5.91 Å². The molecule has 0 unspecified atom stereocenters. The van der Waals surface area contributed by atoms with Gasteiger partial charge in [0.25, 0.3) is 5.91 Å². The second-order valence-corrected chi connectivity index (χ2v) is 4.45. The number of aliphatic hydroxyl groups is 1. The highest BCUT2D eigenvalue weighted by Crippen LogP contribution is 2.34. The van der Waals surface area contributed by atoms with Crippen LogP contribution in [-0.2, 0) is 0 Å². The molecule has 1 aliphatic rings. The number of amides is 1. The topological polar surface area (TPSA) is 88.5 Å². The average molecular weight is 248 g/mol. The van der Waals surface area contributed by atoms with E-state index in [1.54, 1.807) is 12.1 Å². The summed E-state index contributed by atoms with van der Waals surface area (Å²) in [6.45, 7) is -0.0539. The fraction of sp³-hybridized carbons (Fsp3) is 0.333. The lowest BCUT2D eigenvalue weighted by molar-refractivity contribution is 0.0897. The van der Waals surface area contributed by atoms with Gasteiger partial charge in [0.15, 0.2) is 11.5 Å². The summed E-state index contributed by atoms with van der Waals surface area (Å²) in [5.41, 5.74) is -0.276. The van der Waals surface area contributed by atoms with E-state index in [4.69, 9.17) is 14.0 Å². The molecule has 0 radical (unpaired) electrons. The highest BCUT2D eigenvalue weighted by molar-refractivity contribution is 5.93. The van der Waals surface area contributed by atoms with Crippen molar-refractivity contribution in [1.29, 1.82) is 0 Å². The molecular formula is C12H12N2O4. The molecule has 1 aliphatic carbocycles. The molecule has 0 atom stereocenters. The third-order valence-corrected chi connectivity index (χ3v) is 3.04. The zero-order valence-corrected chi connectivity index (χ0v) is 9.55. The van der Waals surface area contributed by atoms with E-state index in [1.165, 1.54) is 12.3 Å². The van der Waals surface area contributed by atoms with Gasteiger partial charge in [-0.05, 0) is 25.0 Å². The van der Waals surface area contributed by atoms with Crippen LogP contribution in [0.2, 0.25) is 0 Å². The first kappa shape index (κ1) is 11.0. The van der Waals surface area contributed by atoms with Crippen LogP contribution in [0.4, 0.5) is 0 Å². The fourth-order valence-corrected chi connectivity index (χ4v) is 1.70. The molecule has 6 nitrogen and oxygen atoms in total. The van der Waals surface area contributed by atoms with Gasteiger partial charge in [0, 0.05) is 6.07 Å². The van der Waals surface area contributed by atoms with Crippen LogP contribution in [0.5, 0.6) is 0 Å². The van der Waals surface area contributed by atoms with E-state index in [9.17, 15) is 4.79 Å². The van der Waals surface area contributed by atoms with Gasteiger partial charge in [0.1, 0.15) is 0 Å². The number of rotatable bonds is 4. The van der Waals surface area contributed by atoms with E-state index in [-0.39, 0.29) is 18.2 Å². The molecule has 2 N–H and O–H groups in total. The van der Waals surface area contributed by atoms with Crippen molar-refractivity contribution in [3.8, 4) is 11.5 Å². The lowest BCUT2D eigenvalue weighted by atomic mass is 10.2. The van der Waals surface area contributed by atoms with E-state index in [0.717, 1.165) is 12.8 Å². The minimum Gasteiger partial charge on any atom is -0.461 e. The molecule has 1 fully saturated rings. The molecule has 0 aromatic carbocycles. The van der Waals surface area contributed by atoms with Crippen LogP contribution in [0.15, 0.2) is 33.4 Å². The summed E-state index contributed by atoms with van der Waals surface area (Å²) in [5.74, 6) is 0.576. The maximum absolute atomic E-state index is 11.9. The van der Waals surface area contributed by atoms with Gasteiger partial charge in [0.05, 0.1) is 18.4 Å². The first-order valence-electron chi connectivity index (χ1n) is 5.66. The number of aliphatic hydroxyl groups excluding tert-OH is 1. The van der Waals surface area contributed by atoms with Gasteiger partial charge in [-0.15, -0.1) is 0 Å². The molecule has 18 heavy (non-hydrogen) atoms. The first-order chi connectivity index (χ1) is 8.72. The van der Waals surface area contributed by atoms with E-state index in [1.807, 2.05) is 0 Å². The quantitative estimate of drug-likeness (QED) is 0.848. The number of carbonyl (C=O) groups excluding carboxylic acids is 1. The largest absolute Gasteiger partial charge is 0.461 e. The summed E-state index contributed by atoms with van der Waals surface area (Å²) >= 11 is 0. The van der Waals surface area contributed by atoms with Gasteiger partial charge in [-0.3, -0.25) is 4.79 Å². The van der Waals surface area contributed by atoms with Gasteiger partial charge in [0.2, 0.25) is 5.76 Å². The Morgan fingerprint density at radius 1 is 1.50 bits per heavy atom. The van der Waals surface area contributed by atoms with Crippen LogP contribution >= 0.6 is 0 Å². The Morgan fingerprint density at radius 3 is 2.94 bits per heavy atom. The molecule has 1 amide bonds. The van der Waals surface area contributed by atoms with Crippen molar-refractivity contribution in [3.63, 3.8) is 0 Å². The molecule has 0 spiro atoms. The summed E-state index contributed by atoms with van der Waals surface area (Å²) in [5, 5.41) is 15.6. The smallest absolute Gasteiger partial charge is 0.273 e. The minimum atomic E-state index is -0.457. The average Bonchev–Trinajstić information content (AvgIpc) is 2.87. The predicted octanol–water partition coefficient (Wildman–Crippen LogP) is 1.19. The number of carbonyl (C=O) groups is 1. The number of hydrogen-bond donors (Lipinski definition) is 2. The van der Waals surface area contributed by atoms with Gasteiger partial charge in [-0.1, -0.05) is 5.16 Å². The normalized spacial score (nSPS) is 16.5. The number of hydrogen-bond acceptors (Lipinski definition) is 5. The monoisotopic (exact) mass is 248 g/mol. The zero-order valence-electron chi connectivity index (χ0n) is 9.55. The van der Waals surface area contributed by atoms with Crippen molar-refractivity contribution in [2.24, 2.45) is 0 Å². The molecule has 2 aromatic heterocycles. The Balaban J connectivity index is 1.75. The van der Waals surface area contributed by atoms with E-state index in [0.29, 0.717) is 11.5 Å². The Hall–Kier alpha value is -2.08. The summed E-state index contributed by atoms with van der Waals surface area (Å²) in [4.78, 5) is 11.9. The molecule has 0 saturated heterocycles. The van der Waals surface area contributed by atoms with Crippen molar-refractivity contribution in [3.05, 3.63) is 30.2 Å². The lowest BCUT2D eigenvalue weighted by Crippen LogP contribution is -2.39. The van der Waals surface area contributed by atoms with Crippen LogP contribution < -0.4 is 5.32 Å². The summed E-state index contributed by atoms with van der Waals surface area (Å²) in [6.07, 6.45) is 3.10. The Kier molecular flexibility index (Phi) is 2.45. The molecule has 0 bridgehead atoms. The van der Waals surface area contributed by atoms with Crippen LogP contribution in [-0.4, -0.2) is 28.3 Å². The molecule has 0 aliphatic heterocycles. The van der Waals surface area contributed by atoms with Crippen LogP contribution in [0.25, 0.3) is 11.5 Å². The first-order valence-corrected chi connectivity index (χ1v) is 5.66. The molecule has 3 rings (SSSR count). The van der Waals surface area contributed by atoms with E-state index in [2.05, 4.69) is 10.5 Å². The van der Waals surface area contributed by atoms with Crippen LogP contribution in [0, 0.1) is 0 Å². The van der Waals surface area contributed by atoms with Gasteiger partial charge in [-0.25, -0.2) is 0 Å². The summed E-state index contributed by atoms with van der Waals surface area (Å²) < 4.78 is 10.2. The summed E-state index contributed by atoms with van der Waals surface area (Å²) in [7, 11) is 0. The second kappa shape index (κ2) is 3.99. The fourth-order valence-electron chi connectivity index (χ4n) is 1.70. The molecular weight excluding hydrogens is 236 g/mol. The lowest BCUT2D eigenvalue weighted by Gasteiger charge is -2.12. The molecule has 94 valence electrons. The molecule has 2 heterocycles. The van der Waals surface area contributed by atoms with Crippen molar-refractivity contribution in [2.75, 3.05) is 6.61 Å². The van der Waals surface area contributed by atoms with Crippen LogP contribution in [0.1, 0.15) is 23.3 Å². The van der Waals surface area contributed by atoms with Crippen molar-refractivity contribution < 1.29 is 18.8 Å². The van der Waals surface area contributed by atoms with Crippen molar-refractivity contribution in [1.82, 2.24) is 10.5 Å². The number of nitrogens with zero attached hydrogens (tertiary/aromatic N) is 1. The second-order valence-electron chi connectivity index (χ2n) is 4.45. The van der Waals surface area contributed by atoms with E-state index >= 15 is 0 Å². The summed E-state index contributed by atoms with van der Waals surface area (Å²) in [6, 6.07) is 4.96. The molecule has 1 saturated carbocycles. The van der Waals surface area contributed by atoms with Gasteiger partial charge >= 0.3 is 0 Å². The minimum absolute atomic E-state index is 0.0539. The van der Waals surface area contributed by atoms with E-state index < -0.39 is 5.54 Å². The van der Waals surface area contributed by atoms with Gasteiger partial charge in [-0.2, -0.15) is 0 Å². The maximum atomic E-state index is 11.9. The third kappa shape index (κ3) is 1.91. The Labute approximate surface area is 103 Å².